The van der Waals surface area contributed by atoms with E-state index >= 15 is 0 Å². The second-order valence-electron chi connectivity index (χ2n) is 5.25. The van der Waals surface area contributed by atoms with Crippen LogP contribution in [0.15, 0.2) is 18.5 Å². The number of fused-ring (bicyclic) bond motifs is 1. The summed E-state index contributed by atoms with van der Waals surface area (Å²) in [6, 6.07) is 4.12. The zero-order valence-corrected chi connectivity index (χ0v) is 13.6. The predicted octanol–water partition coefficient (Wildman–Crippen LogP) is 2.00. The summed E-state index contributed by atoms with van der Waals surface area (Å²) in [6.45, 7) is 1.84. The molecule has 7 heteroatoms. The maximum absolute atomic E-state index is 5.98. The molecule has 0 unspecified atom stereocenters. The minimum absolute atomic E-state index is 0. The van der Waals surface area contributed by atoms with Crippen LogP contribution in [-0.2, 0) is 0 Å². The van der Waals surface area contributed by atoms with Crippen LogP contribution >= 0.6 is 12.4 Å². The maximum Gasteiger partial charge on any atom is 0.162 e. The Bertz CT molecular complexity index is 645. The van der Waals surface area contributed by atoms with E-state index in [1.165, 1.54) is 0 Å². The van der Waals surface area contributed by atoms with Crippen LogP contribution < -0.4 is 20.1 Å². The molecular weight excluding hydrogens is 304 g/mol. The third kappa shape index (κ3) is 3.03. The fourth-order valence-corrected chi connectivity index (χ4v) is 2.73. The van der Waals surface area contributed by atoms with E-state index in [0.717, 1.165) is 42.7 Å². The Balaban J connectivity index is 0.00000176. The molecule has 1 saturated heterocycles. The van der Waals surface area contributed by atoms with Gasteiger partial charge in [0.25, 0.3) is 0 Å². The topological polar surface area (TPSA) is 73.5 Å². The largest absolute Gasteiger partial charge is 0.493 e. The third-order valence-electron chi connectivity index (χ3n) is 3.96. The van der Waals surface area contributed by atoms with Crippen LogP contribution in [0, 0.1) is 0 Å². The number of benzene rings is 1. The van der Waals surface area contributed by atoms with Gasteiger partial charge in [0, 0.05) is 30.6 Å². The molecule has 2 aromatic rings. The Kier molecular flexibility index (Phi) is 5.26. The summed E-state index contributed by atoms with van der Waals surface area (Å²) in [4.78, 5) is 11.1. The molecule has 2 N–H and O–H groups in total. The Morgan fingerprint density at radius 2 is 1.73 bits per heavy atom. The van der Waals surface area contributed by atoms with Gasteiger partial charge in [-0.1, -0.05) is 0 Å². The van der Waals surface area contributed by atoms with E-state index in [2.05, 4.69) is 14.9 Å². The van der Waals surface area contributed by atoms with E-state index in [4.69, 9.17) is 15.2 Å². The molecule has 2 heterocycles. The first kappa shape index (κ1) is 16.6. The summed E-state index contributed by atoms with van der Waals surface area (Å²) in [5.41, 5.74) is 6.83. The Labute approximate surface area is 136 Å². The molecule has 0 atom stereocenters. The standard InChI is InChI=1S/C15H20N4O2.ClH/c1-20-13-7-11-12(8-14(13)21-2)17-9-18-15(11)19-5-3-10(16)4-6-19;/h7-10H,3-6,16H2,1-2H3;1H. The summed E-state index contributed by atoms with van der Waals surface area (Å²) in [5, 5.41) is 0.977. The quantitative estimate of drug-likeness (QED) is 0.931. The van der Waals surface area contributed by atoms with Crippen LogP contribution in [-0.4, -0.2) is 43.3 Å². The summed E-state index contributed by atoms with van der Waals surface area (Å²) < 4.78 is 10.7. The Hall–Kier alpha value is -1.79. The molecule has 1 aromatic heterocycles. The van der Waals surface area contributed by atoms with E-state index in [1.54, 1.807) is 20.5 Å². The van der Waals surface area contributed by atoms with Gasteiger partial charge in [-0.15, -0.1) is 12.4 Å². The SMILES string of the molecule is COc1cc2ncnc(N3CCC(N)CC3)c2cc1OC.Cl. The summed E-state index contributed by atoms with van der Waals surface area (Å²) >= 11 is 0. The van der Waals surface area contributed by atoms with Crippen molar-refractivity contribution in [3.63, 3.8) is 0 Å². The van der Waals surface area contributed by atoms with Crippen molar-refractivity contribution in [3.8, 4) is 11.5 Å². The zero-order chi connectivity index (χ0) is 14.8. The molecule has 0 aliphatic carbocycles. The molecule has 22 heavy (non-hydrogen) atoms. The highest BCUT2D eigenvalue weighted by Crippen LogP contribution is 2.35. The average molecular weight is 325 g/mol. The lowest BCUT2D eigenvalue weighted by Gasteiger charge is -2.31. The first-order valence-corrected chi connectivity index (χ1v) is 7.10. The Morgan fingerprint density at radius 3 is 2.36 bits per heavy atom. The van der Waals surface area contributed by atoms with Gasteiger partial charge in [-0.25, -0.2) is 9.97 Å². The fraction of sp³-hybridized carbons (Fsp3) is 0.467. The summed E-state index contributed by atoms with van der Waals surface area (Å²) in [5.74, 6) is 2.30. The zero-order valence-electron chi connectivity index (χ0n) is 12.8. The highest BCUT2D eigenvalue weighted by atomic mass is 35.5. The number of hydrogen-bond acceptors (Lipinski definition) is 6. The number of piperidine rings is 1. The van der Waals surface area contributed by atoms with Gasteiger partial charge < -0.3 is 20.1 Å². The maximum atomic E-state index is 5.98. The second kappa shape index (κ2) is 6.98. The number of rotatable bonds is 3. The van der Waals surface area contributed by atoms with E-state index < -0.39 is 0 Å². The molecule has 1 fully saturated rings. The molecule has 0 amide bonds. The van der Waals surface area contributed by atoms with Crippen molar-refractivity contribution in [2.24, 2.45) is 5.73 Å². The van der Waals surface area contributed by atoms with Crippen molar-refractivity contribution in [1.82, 2.24) is 9.97 Å². The van der Waals surface area contributed by atoms with Crippen molar-refractivity contribution in [3.05, 3.63) is 18.5 Å². The monoisotopic (exact) mass is 324 g/mol. The summed E-state index contributed by atoms with van der Waals surface area (Å²) in [7, 11) is 3.25. The van der Waals surface area contributed by atoms with Crippen LogP contribution in [0.2, 0.25) is 0 Å². The van der Waals surface area contributed by atoms with Gasteiger partial charge in [-0.05, 0) is 18.9 Å². The van der Waals surface area contributed by atoms with Crippen LogP contribution in [0.3, 0.4) is 0 Å². The molecule has 3 rings (SSSR count). The van der Waals surface area contributed by atoms with Gasteiger partial charge in [0.2, 0.25) is 0 Å². The molecule has 1 aromatic carbocycles. The molecule has 0 radical (unpaired) electrons. The van der Waals surface area contributed by atoms with Crippen molar-refractivity contribution in [1.29, 1.82) is 0 Å². The average Bonchev–Trinajstić information content (AvgIpc) is 2.53. The molecular formula is C15H21ClN4O2. The smallest absolute Gasteiger partial charge is 0.162 e. The van der Waals surface area contributed by atoms with Crippen LogP contribution in [0.1, 0.15) is 12.8 Å². The molecule has 0 bridgehead atoms. The lowest BCUT2D eigenvalue weighted by atomic mass is 10.1. The number of aromatic nitrogens is 2. The van der Waals surface area contributed by atoms with E-state index in [-0.39, 0.29) is 12.4 Å². The lowest BCUT2D eigenvalue weighted by Crippen LogP contribution is -2.40. The lowest BCUT2D eigenvalue weighted by molar-refractivity contribution is 0.355. The van der Waals surface area contributed by atoms with E-state index in [0.29, 0.717) is 17.5 Å². The highest BCUT2D eigenvalue weighted by molar-refractivity contribution is 5.92. The first-order valence-electron chi connectivity index (χ1n) is 7.10. The van der Waals surface area contributed by atoms with E-state index in [9.17, 15) is 0 Å². The van der Waals surface area contributed by atoms with Crippen molar-refractivity contribution in [2.45, 2.75) is 18.9 Å². The third-order valence-corrected chi connectivity index (χ3v) is 3.96. The Morgan fingerprint density at radius 1 is 1.09 bits per heavy atom. The minimum atomic E-state index is 0. The number of halogens is 1. The molecule has 0 saturated carbocycles. The van der Waals surface area contributed by atoms with Gasteiger partial charge in [0.05, 0.1) is 19.7 Å². The van der Waals surface area contributed by atoms with Crippen LogP contribution in [0.5, 0.6) is 11.5 Å². The number of anilines is 1. The van der Waals surface area contributed by atoms with E-state index in [1.807, 2.05) is 12.1 Å². The molecule has 0 spiro atoms. The number of methoxy groups -OCH3 is 2. The van der Waals surface area contributed by atoms with Crippen LogP contribution in [0.25, 0.3) is 10.9 Å². The number of nitrogens with zero attached hydrogens (tertiary/aromatic N) is 3. The van der Waals surface area contributed by atoms with Crippen molar-refractivity contribution < 1.29 is 9.47 Å². The molecule has 1 aliphatic heterocycles. The van der Waals surface area contributed by atoms with Gasteiger partial charge in [0.1, 0.15) is 12.1 Å². The molecule has 120 valence electrons. The summed E-state index contributed by atoms with van der Waals surface area (Å²) in [6.07, 6.45) is 3.57. The van der Waals surface area contributed by atoms with Gasteiger partial charge in [-0.2, -0.15) is 0 Å². The predicted molar refractivity (Wildman–Crippen MR) is 89.3 cm³/mol. The molecule has 1 aliphatic rings. The number of ether oxygens (including phenoxy) is 2. The van der Waals surface area contributed by atoms with Crippen LogP contribution in [0.4, 0.5) is 5.82 Å². The van der Waals surface area contributed by atoms with Crippen molar-refractivity contribution >= 4 is 29.1 Å². The fourth-order valence-electron chi connectivity index (χ4n) is 2.73. The highest BCUT2D eigenvalue weighted by Gasteiger charge is 2.20. The van der Waals surface area contributed by atoms with Gasteiger partial charge in [-0.3, -0.25) is 0 Å². The van der Waals surface area contributed by atoms with Gasteiger partial charge >= 0.3 is 0 Å². The normalized spacial score (nSPS) is 15.5. The first-order chi connectivity index (χ1) is 10.2. The van der Waals surface area contributed by atoms with Gasteiger partial charge in [0.15, 0.2) is 11.5 Å². The number of nitrogens with two attached hydrogens (primary N) is 1. The molecule has 6 nitrogen and oxygen atoms in total. The minimum Gasteiger partial charge on any atom is -0.493 e. The van der Waals surface area contributed by atoms with Crippen molar-refractivity contribution in [2.75, 3.05) is 32.2 Å². The number of hydrogen-bond donors (Lipinski definition) is 1. The second-order valence-corrected chi connectivity index (χ2v) is 5.25.